The molecule has 0 aliphatic carbocycles. The van der Waals surface area contributed by atoms with Gasteiger partial charge in [0.25, 0.3) is 5.91 Å². The molecule has 1 amide bonds. The van der Waals surface area contributed by atoms with Crippen molar-refractivity contribution in [1.82, 2.24) is 20.2 Å². The molecule has 0 saturated carbocycles. The zero-order valence-corrected chi connectivity index (χ0v) is 11.7. The topological polar surface area (TPSA) is 107 Å². The summed E-state index contributed by atoms with van der Waals surface area (Å²) in [7, 11) is 0. The molecule has 0 fully saturated rings. The molecule has 0 aromatic carbocycles. The van der Waals surface area contributed by atoms with E-state index in [2.05, 4.69) is 37.3 Å². The molecule has 2 aromatic heterocycles. The van der Waals surface area contributed by atoms with Crippen molar-refractivity contribution in [2.75, 3.05) is 11.9 Å². The van der Waals surface area contributed by atoms with Crippen LogP contribution in [0.1, 0.15) is 27.4 Å². The minimum Gasteiger partial charge on any atom is -0.320 e. The van der Waals surface area contributed by atoms with Crippen LogP contribution in [0.2, 0.25) is 0 Å². The van der Waals surface area contributed by atoms with Crippen molar-refractivity contribution in [3.63, 3.8) is 0 Å². The van der Waals surface area contributed by atoms with Crippen LogP contribution in [0.5, 0.6) is 0 Å². The van der Waals surface area contributed by atoms with Gasteiger partial charge in [-0.05, 0) is 26.0 Å². The zero-order valence-electron chi connectivity index (χ0n) is 11.7. The molecule has 0 radical (unpaired) electrons. The first-order valence-corrected chi connectivity index (χ1v) is 6.25. The molecule has 106 valence electrons. The first-order chi connectivity index (χ1) is 10.1. The molecule has 7 nitrogen and oxygen atoms in total. The van der Waals surface area contributed by atoms with E-state index in [-0.39, 0.29) is 18.2 Å². The van der Waals surface area contributed by atoms with Crippen molar-refractivity contribution in [3.05, 3.63) is 41.0 Å². The van der Waals surface area contributed by atoms with Crippen LogP contribution in [-0.2, 0) is 0 Å². The minimum atomic E-state index is -0.443. The Balaban J connectivity index is 2.26. The molecule has 0 unspecified atom stereocenters. The van der Waals surface area contributed by atoms with Crippen molar-refractivity contribution in [2.24, 2.45) is 5.73 Å². The Kier molecular flexibility index (Phi) is 4.53. The summed E-state index contributed by atoms with van der Waals surface area (Å²) in [4.78, 5) is 20.4. The fraction of sp³-hybridized carbons (Fsp3) is 0.214. The third-order valence-electron chi connectivity index (χ3n) is 2.67. The average molecular weight is 282 g/mol. The van der Waals surface area contributed by atoms with E-state index in [9.17, 15) is 4.79 Å². The second-order valence-electron chi connectivity index (χ2n) is 4.17. The molecule has 2 heterocycles. The van der Waals surface area contributed by atoms with Crippen molar-refractivity contribution in [3.8, 4) is 11.8 Å². The highest BCUT2D eigenvalue weighted by atomic mass is 16.2. The number of carbonyl (C=O) groups excluding carboxylic acids is 1. The van der Waals surface area contributed by atoms with E-state index in [0.717, 1.165) is 0 Å². The van der Waals surface area contributed by atoms with Gasteiger partial charge in [0.15, 0.2) is 0 Å². The summed E-state index contributed by atoms with van der Waals surface area (Å²) < 4.78 is 0. The van der Waals surface area contributed by atoms with Gasteiger partial charge in [-0.15, -0.1) is 5.10 Å². The monoisotopic (exact) mass is 282 g/mol. The lowest BCUT2D eigenvalue weighted by Gasteiger charge is -2.05. The van der Waals surface area contributed by atoms with Gasteiger partial charge in [-0.3, -0.25) is 10.1 Å². The van der Waals surface area contributed by atoms with Gasteiger partial charge in [-0.2, -0.15) is 5.10 Å². The number of amides is 1. The number of aromatic nitrogens is 4. The van der Waals surface area contributed by atoms with Gasteiger partial charge in [-0.25, -0.2) is 9.97 Å². The first kappa shape index (κ1) is 14.6. The zero-order chi connectivity index (χ0) is 15.2. The maximum atomic E-state index is 12.2. The molecule has 0 aliphatic rings. The number of carbonyl (C=O) groups is 1. The Hall–Kier alpha value is -2.85. The molecule has 7 heteroatoms. The van der Waals surface area contributed by atoms with Gasteiger partial charge >= 0.3 is 0 Å². The lowest BCUT2D eigenvalue weighted by molar-refractivity contribution is 0.102. The highest BCUT2D eigenvalue weighted by molar-refractivity contribution is 6.03. The average Bonchev–Trinajstić information content (AvgIpc) is 2.49. The molecule has 21 heavy (non-hydrogen) atoms. The van der Waals surface area contributed by atoms with Gasteiger partial charge < -0.3 is 5.73 Å². The highest BCUT2D eigenvalue weighted by Gasteiger charge is 2.13. The fourth-order valence-electron chi connectivity index (χ4n) is 1.50. The molecular formula is C14H14N6O. The standard InChI is InChI=1S/C14H14N6O/c1-9-10(2)19-20-14(17-9)18-13(21)12-11(5-3-7-15)6-4-8-16-12/h4,6,8H,7,15H2,1-2H3,(H,17,18,20,21). The van der Waals surface area contributed by atoms with Crippen LogP contribution in [0.25, 0.3) is 0 Å². The Bertz CT molecular complexity index is 732. The predicted octanol–water partition coefficient (Wildman–Crippen LogP) is 0.446. The number of nitrogens with zero attached hydrogens (tertiary/aromatic N) is 4. The molecular weight excluding hydrogens is 268 g/mol. The van der Waals surface area contributed by atoms with Crippen molar-refractivity contribution < 1.29 is 4.79 Å². The highest BCUT2D eigenvalue weighted by Crippen LogP contribution is 2.07. The molecule has 2 rings (SSSR count). The molecule has 0 atom stereocenters. The van der Waals surface area contributed by atoms with Crippen LogP contribution < -0.4 is 11.1 Å². The van der Waals surface area contributed by atoms with Crippen molar-refractivity contribution in [2.45, 2.75) is 13.8 Å². The van der Waals surface area contributed by atoms with E-state index in [1.165, 1.54) is 6.20 Å². The fourth-order valence-corrected chi connectivity index (χ4v) is 1.50. The third kappa shape index (κ3) is 3.58. The molecule has 0 spiro atoms. The van der Waals surface area contributed by atoms with Crippen molar-refractivity contribution >= 4 is 11.9 Å². The number of nitrogens with two attached hydrogens (primary N) is 1. The SMILES string of the molecule is Cc1nnc(NC(=O)c2ncccc2C#CCN)nc1C. The van der Waals surface area contributed by atoms with E-state index >= 15 is 0 Å². The summed E-state index contributed by atoms with van der Waals surface area (Å²) in [5.74, 6) is 5.19. The normalized spacial score (nSPS) is 9.67. The summed E-state index contributed by atoms with van der Waals surface area (Å²) >= 11 is 0. The van der Waals surface area contributed by atoms with Crippen LogP contribution >= 0.6 is 0 Å². The summed E-state index contributed by atoms with van der Waals surface area (Å²) in [5.41, 5.74) is 7.43. The minimum absolute atomic E-state index is 0.131. The van der Waals surface area contributed by atoms with E-state index in [4.69, 9.17) is 5.73 Å². The Labute approximate surface area is 122 Å². The maximum Gasteiger partial charge on any atom is 0.277 e. The molecule has 2 aromatic rings. The molecule has 3 N–H and O–H groups in total. The third-order valence-corrected chi connectivity index (χ3v) is 2.67. The van der Waals surface area contributed by atoms with E-state index < -0.39 is 5.91 Å². The predicted molar refractivity (Wildman–Crippen MR) is 77.4 cm³/mol. The van der Waals surface area contributed by atoms with E-state index in [1.54, 1.807) is 26.0 Å². The van der Waals surface area contributed by atoms with Gasteiger partial charge in [0.05, 0.1) is 23.5 Å². The summed E-state index contributed by atoms with van der Waals surface area (Å²) in [5, 5.41) is 10.3. The molecule has 0 aliphatic heterocycles. The number of pyridine rings is 1. The molecule has 0 saturated heterocycles. The number of anilines is 1. The Morgan fingerprint density at radius 1 is 1.33 bits per heavy atom. The van der Waals surface area contributed by atoms with Crippen LogP contribution in [0.3, 0.4) is 0 Å². The largest absolute Gasteiger partial charge is 0.320 e. The smallest absolute Gasteiger partial charge is 0.277 e. The van der Waals surface area contributed by atoms with Gasteiger partial charge in [0.1, 0.15) is 5.69 Å². The summed E-state index contributed by atoms with van der Waals surface area (Å²) in [6, 6.07) is 3.40. The van der Waals surface area contributed by atoms with Crippen LogP contribution in [0, 0.1) is 25.7 Å². The summed E-state index contributed by atoms with van der Waals surface area (Å²) in [6.45, 7) is 3.79. The first-order valence-electron chi connectivity index (χ1n) is 6.25. The second-order valence-corrected chi connectivity index (χ2v) is 4.17. The van der Waals surface area contributed by atoms with E-state index in [0.29, 0.717) is 17.0 Å². The number of rotatable bonds is 2. The number of nitrogens with one attached hydrogen (secondary N) is 1. The number of aryl methyl sites for hydroxylation is 2. The van der Waals surface area contributed by atoms with Crippen molar-refractivity contribution in [1.29, 1.82) is 0 Å². The lowest BCUT2D eigenvalue weighted by Crippen LogP contribution is -2.18. The quantitative estimate of drug-likeness (QED) is 0.774. The molecule has 0 bridgehead atoms. The van der Waals surface area contributed by atoms with Crippen LogP contribution in [-0.4, -0.2) is 32.6 Å². The maximum absolute atomic E-state index is 12.2. The second kappa shape index (κ2) is 6.54. The Morgan fingerprint density at radius 3 is 2.86 bits per heavy atom. The van der Waals surface area contributed by atoms with Gasteiger partial charge in [0, 0.05) is 6.20 Å². The summed E-state index contributed by atoms with van der Waals surface area (Å²) in [6.07, 6.45) is 1.52. The van der Waals surface area contributed by atoms with E-state index in [1.807, 2.05) is 0 Å². The Morgan fingerprint density at radius 2 is 2.14 bits per heavy atom. The van der Waals surface area contributed by atoms with Crippen LogP contribution in [0.4, 0.5) is 5.95 Å². The number of hydrogen-bond donors (Lipinski definition) is 2. The lowest BCUT2D eigenvalue weighted by atomic mass is 10.2. The van der Waals surface area contributed by atoms with Crippen LogP contribution in [0.15, 0.2) is 18.3 Å². The van der Waals surface area contributed by atoms with Gasteiger partial charge in [-0.1, -0.05) is 11.8 Å². The number of hydrogen-bond acceptors (Lipinski definition) is 6. The van der Waals surface area contributed by atoms with Gasteiger partial charge in [0.2, 0.25) is 5.95 Å².